The quantitative estimate of drug-likeness (QED) is 0.474. The fourth-order valence-corrected chi connectivity index (χ4v) is 3.22. The molecule has 0 radical (unpaired) electrons. The Labute approximate surface area is 151 Å². The van der Waals surface area contributed by atoms with E-state index in [0.717, 1.165) is 4.90 Å². The second-order valence-electron chi connectivity index (χ2n) is 5.66. The maximum absolute atomic E-state index is 12.1. The van der Waals surface area contributed by atoms with E-state index in [4.69, 9.17) is 5.73 Å². The molecule has 0 spiro atoms. The minimum atomic E-state index is -0.965. The molecular weight excluding hydrogens is 342 g/mol. The van der Waals surface area contributed by atoms with Gasteiger partial charge in [-0.2, -0.15) is 0 Å². The first-order chi connectivity index (χ1) is 11.8. The Morgan fingerprint density at radius 1 is 1.20 bits per heavy atom. The number of para-hydroxylation sites is 1. The van der Waals surface area contributed by atoms with Crippen molar-refractivity contribution in [2.24, 2.45) is 11.1 Å². The lowest BCUT2D eigenvalue weighted by Crippen LogP contribution is -2.43. The minimum absolute atomic E-state index is 0.0537. The van der Waals surface area contributed by atoms with Crippen LogP contribution < -0.4 is 16.4 Å². The van der Waals surface area contributed by atoms with Crippen LogP contribution in [0.25, 0.3) is 0 Å². The molecule has 8 heteroatoms. The van der Waals surface area contributed by atoms with Gasteiger partial charge in [0.15, 0.2) is 0 Å². The summed E-state index contributed by atoms with van der Waals surface area (Å²) in [4.78, 5) is 35.3. The molecule has 0 aliphatic carbocycles. The van der Waals surface area contributed by atoms with E-state index < -0.39 is 17.4 Å². The molecule has 0 aliphatic heterocycles. The van der Waals surface area contributed by atoms with Crippen molar-refractivity contribution in [2.45, 2.75) is 38.0 Å². The summed E-state index contributed by atoms with van der Waals surface area (Å²) in [5, 5.41) is 14.8. The van der Waals surface area contributed by atoms with Crippen LogP contribution in [-0.4, -0.2) is 35.3 Å². The molecule has 3 amide bonds. The zero-order valence-electron chi connectivity index (χ0n) is 14.5. The number of aliphatic carboxylic acids is 1. The number of carbonyl (C=O) groups is 3. The van der Waals surface area contributed by atoms with E-state index in [1.807, 2.05) is 12.1 Å². The van der Waals surface area contributed by atoms with Crippen LogP contribution >= 0.6 is 11.8 Å². The van der Waals surface area contributed by atoms with Gasteiger partial charge in [0.05, 0.1) is 11.1 Å². The average molecular weight is 367 g/mol. The van der Waals surface area contributed by atoms with Crippen molar-refractivity contribution in [3.63, 3.8) is 0 Å². The van der Waals surface area contributed by atoms with Crippen molar-refractivity contribution in [3.05, 3.63) is 24.3 Å². The molecule has 0 heterocycles. The van der Waals surface area contributed by atoms with Crippen LogP contribution in [0.15, 0.2) is 29.2 Å². The Morgan fingerprint density at radius 2 is 1.84 bits per heavy atom. The van der Waals surface area contributed by atoms with Crippen molar-refractivity contribution in [2.75, 3.05) is 17.6 Å². The third kappa shape index (κ3) is 6.30. The molecular formula is C17H25N3O4S. The first-order valence-electron chi connectivity index (χ1n) is 8.13. The third-order valence-corrected chi connectivity index (χ3v) is 5.21. The Kier molecular flexibility index (Phi) is 8.27. The van der Waals surface area contributed by atoms with Gasteiger partial charge >= 0.3 is 12.0 Å². The van der Waals surface area contributed by atoms with Gasteiger partial charge in [0.25, 0.3) is 0 Å². The van der Waals surface area contributed by atoms with Crippen molar-refractivity contribution >= 4 is 35.4 Å². The maximum Gasteiger partial charge on any atom is 0.319 e. The van der Waals surface area contributed by atoms with E-state index in [-0.39, 0.29) is 18.9 Å². The molecule has 1 rings (SSSR count). The topological polar surface area (TPSA) is 122 Å². The molecule has 0 bridgehead atoms. The molecule has 0 unspecified atom stereocenters. The summed E-state index contributed by atoms with van der Waals surface area (Å²) in [6.45, 7) is 3.64. The van der Waals surface area contributed by atoms with Gasteiger partial charge in [-0.25, -0.2) is 4.79 Å². The van der Waals surface area contributed by atoms with Crippen LogP contribution in [0.1, 0.15) is 33.1 Å². The molecule has 0 atom stereocenters. The third-order valence-electron chi connectivity index (χ3n) is 4.14. The number of anilines is 1. The fourth-order valence-electron chi connectivity index (χ4n) is 2.25. The normalized spacial score (nSPS) is 11.0. The molecule has 0 aromatic heterocycles. The summed E-state index contributed by atoms with van der Waals surface area (Å²) in [6, 6.07) is 6.74. The molecule has 0 saturated carbocycles. The van der Waals surface area contributed by atoms with E-state index in [1.54, 1.807) is 26.0 Å². The van der Waals surface area contributed by atoms with Gasteiger partial charge in [-0.15, -0.1) is 11.8 Å². The number of benzene rings is 1. The van der Waals surface area contributed by atoms with E-state index >= 15 is 0 Å². The number of carbonyl (C=O) groups excluding carboxylic acids is 2. The highest BCUT2D eigenvalue weighted by atomic mass is 32.2. The summed E-state index contributed by atoms with van der Waals surface area (Å²) in [7, 11) is 0. The fraction of sp³-hybridized carbons (Fsp3) is 0.471. The van der Waals surface area contributed by atoms with E-state index in [9.17, 15) is 19.5 Å². The van der Waals surface area contributed by atoms with E-state index in [1.165, 1.54) is 11.8 Å². The van der Waals surface area contributed by atoms with Gasteiger partial charge < -0.3 is 21.5 Å². The van der Waals surface area contributed by atoms with Gasteiger partial charge in [0, 0.05) is 23.6 Å². The average Bonchev–Trinajstić information content (AvgIpc) is 2.57. The number of nitrogens with one attached hydrogen (secondary N) is 2. The first-order valence-corrected chi connectivity index (χ1v) is 9.11. The molecule has 1 aromatic rings. The molecule has 1 aromatic carbocycles. The first kappa shape index (κ1) is 20.8. The highest BCUT2D eigenvalue weighted by molar-refractivity contribution is 7.99. The molecule has 138 valence electrons. The van der Waals surface area contributed by atoms with Gasteiger partial charge in [-0.05, 0) is 25.0 Å². The lowest BCUT2D eigenvalue weighted by Gasteiger charge is -2.26. The molecule has 0 saturated heterocycles. The SMILES string of the molecule is CCC(CC)(CNC(=O)Nc1ccccc1SCCC(N)=O)C(=O)O. The number of rotatable bonds is 10. The Morgan fingerprint density at radius 3 is 2.40 bits per heavy atom. The standard InChI is InChI=1S/C17H25N3O4S/c1-3-17(4-2,15(22)23)11-19-16(24)20-12-7-5-6-8-13(12)25-10-9-14(18)21/h5-8H,3-4,9-11H2,1-2H3,(H2,18,21)(H,22,23)(H2,19,20,24). The van der Waals surface area contributed by atoms with Crippen molar-refractivity contribution in [3.8, 4) is 0 Å². The number of hydrogen-bond acceptors (Lipinski definition) is 4. The van der Waals surface area contributed by atoms with Crippen LogP contribution in [-0.2, 0) is 9.59 Å². The molecule has 7 nitrogen and oxygen atoms in total. The van der Waals surface area contributed by atoms with E-state index in [0.29, 0.717) is 24.3 Å². The van der Waals surface area contributed by atoms with Crippen LogP contribution in [0.5, 0.6) is 0 Å². The van der Waals surface area contributed by atoms with Gasteiger partial charge in [-0.1, -0.05) is 26.0 Å². The number of carboxylic acid groups (broad SMARTS) is 1. The summed E-state index contributed by atoms with van der Waals surface area (Å²) in [6.07, 6.45) is 1.11. The molecule has 5 N–H and O–H groups in total. The molecule has 0 aliphatic rings. The van der Waals surface area contributed by atoms with Crippen molar-refractivity contribution < 1.29 is 19.5 Å². The monoisotopic (exact) mass is 367 g/mol. The number of hydrogen-bond donors (Lipinski definition) is 4. The minimum Gasteiger partial charge on any atom is -0.481 e. The summed E-state index contributed by atoms with van der Waals surface area (Å²) >= 11 is 1.42. The van der Waals surface area contributed by atoms with Crippen molar-refractivity contribution in [1.82, 2.24) is 5.32 Å². The molecule has 25 heavy (non-hydrogen) atoms. The Bertz CT molecular complexity index is 618. The highest BCUT2D eigenvalue weighted by Crippen LogP contribution is 2.28. The highest BCUT2D eigenvalue weighted by Gasteiger charge is 2.35. The summed E-state index contributed by atoms with van der Waals surface area (Å²) < 4.78 is 0. The number of thioether (sulfide) groups is 1. The predicted octanol–water partition coefficient (Wildman–Crippen LogP) is 2.67. The van der Waals surface area contributed by atoms with Crippen LogP contribution in [0.2, 0.25) is 0 Å². The van der Waals surface area contributed by atoms with Crippen LogP contribution in [0.3, 0.4) is 0 Å². The molecule has 0 fully saturated rings. The van der Waals surface area contributed by atoms with Crippen LogP contribution in [0.4, 0.5) is 10.5 Å². The largest absolute Gasteiger partial charge is 0.481 e. The van der Waals surface area contributed by atoms with E-state index in [2.05, 4.69) is 10.6 Å². The van der Waals surface area contributed by atoms with Gasteiger partial charge in [0.1, 0.15) is 0 Å². The Hall–Kier alpha value is -2.22. The number of urea groups is 1. The number of amides is 3. The smallest absolute Gasteiger partial charge is 0.319 e. The summed E-state index contributed by atoms with van der Waals surface area (Å²) in [5.41, 5.74) is 4.76. The maximum atomic E-state index is 12.1. The second-order valence-corrected chi connectivity index (χ2v) is 6.80. The lowest BCUT2D eigenvalue weighted by atomic mass is 9.82. The van der Waals surface area contributed by atoms with Gasteiger partial charge in [-0.3, -0.25) is 9.59 Å². The zero-order valence-corrected chi connectivity index (χ0v) is 15.3. The predicted molar refractivity (Wildman–Crippen MR) is 98.6 cm³/mol. The second kappa shape index (κ2) is 9.93. The van der Waals surface area contributed by atoms with Gasteiger partial charge in [0.2, 0.25) is 5.91 Å². The van der Waals surface area contributed by atoms with Crippen molar-refractivity contribution in [1.29, 1.82) is 0 Å². The number of nitrogens with two attached hydrogens (primary N) is 1. The lowest BCUT2D eigenvalue weighted by molar-refractivity contribution is -0.149. The summed E-state index contributed by atoms with van der Waals surface area (Å²) in [5.74, 6) is -0.774. The Balaban J connectivity index is 2.68. The zero-order chi connectivity index (χ0) is 18.9. The van der Waals surface area contributed by atoms with Crippen LogP contribution in [0, 0.1) is 5.41 Å². The number of primary amides is 1. The number of carboxylic acids is 1.